The summed E-state index contributed by atoms with van der Waals surface area (Å²) in [5.41, 5.74) is 5.24. The van der Waals surface area contributed by atoms with Gasteiger partial charge in [-0.15, -0.1) is 0 Å². The maximum absolute atomic E-state index is 10.9. The summed E-state index contributed by atoms with van der Waals surface area (Å²) in [5.74, 6) is -0.252. The van der Waals surface area contributed by atoms with E-state index in [4.69, 9.17) is 5.73 Å². The number of carbonyl (C=O) groups excluding carboxylic acids is 1. The molecule has 1 aliphatic rings. The number of hydrogen-bond donors (Lipinski definition) is 2. The molecule has 1 heterocycles. The molecule has 15 heavy (non-hydrogen) atoms. The highest BCUT2D eigenvalue weighted by molar-refractivity contribution is 5.79. The van der Waals surface area contributed by atoms with Gasteiger partial charge in [-0.1, -0.05) is 0 Å². The number of nitrogens with one attached hydrogen (secondary N) is 1. The average Bonchev–Trinajstić information content (AvgIpc) is 2.26. The molecule has 1 unspecified atom stereocenters. The van der Waals surface area contributed by atoms with Crippen molar-refractivity contribution in [1.82, 2.24) is 15.1 Å². The second-order valence-electron chi connectivity index (χ2n) is 4.15. The van der Waals surface area contributed by atoms with Crippen LogP contribution in [0.25, 0.3) is 0 Å². The summed E-state index contributed by atoms with van der Waals surface area (Å²) in [5, 5.41) is 3.31. The van der Waals surface area contributed by atoms with Gasteiger partial charge in [-0.3, -0.25) is 14.6 Å². The summed E-state index contributed by atoms with van der Waals surface area (Å²) in [6, 6.07) is -0.173. The molecule has 0 aromatic carbocycles. The predicted molar refractivity (Wildman–Crippen MR) is 60.6 cm³/mol. The molecular weight excluding hydrogens is 192 g/mol. The third-order valence-electron chi connectivity index (χ3n) is 3.05. The van der Waals surface area contributed by atoms with Crippen LogP contribution >= 0.6 is 0 Å². The summed E-state index contributed by atoms with van der Waals surface area (Å²) < 4.78 is 0. The van der Waals surface area contributed by atoms with Crippen LogP contribution in [0.4, 0.5) is 0 Å². The van der Waals surface area contributed by atoms with Crippen molar-refractivity contribution >= 4 is 5.91 Å². The van der Waals surface area contributed by atoms with Crippen LogP contribution in [0.15, 0.2) is 0 Å². The van der Waals surface area contributed by atoms with E-state index in [1.54, 1.807) is 0 Å². The lowest BCUT2D eigenvalue weighted by Crippen LogP contribution is -2.48. The Morgan fingerprint density at radius 3 is 2.67 bits per heavy atom. The number of amides is 1. The number of primary amides is 1. The molecule has 0 saturated carbocycles. The van der Waals surface area contributed by atoms with Crippen molar-refractivity contribution in [3.8, 4) is 0 Å². The fourth-order valence-corrected chi connectivity index (χ4v) is 1.64. The highest BCUT2D eigenvalue weighted by Crippen LogP contribution is 1.97. The van der Waals surface area contributed by atoms with E-state index in [1.807, 2.05) is 18.9 Å². The van der Waals surface area contributed by atoms with E-state index in [-0.39, 0.29) is 11.9 Å². The zero-order chi connectivity index (χ0) is 11.3. The van der Waals surface area contributed by atoms with Gasteiger partial charge in [-0.25, -0.2) is 0 Å². The first kappa shape index (κ1) is 12.4. The van der Waals surface area contributed by atoms with Crippen molar-refractivity contribution in [1.29, 1.82) is 0 Å². The van der Waals surface area contributed by atoms with Crippen molar-refractivity contribution in [3.05, 3.63) is 0 Å². The lowest BCUT2D eigenvalue weighted by atomic mass is 10.3. The Labute approximate surface area is 91.6 Å². The quantitative estimate of drug-likeness (QED) is 0.597. The number of nitrogens with zero attached hydrogens (tertiary/aromatic N) is 2. The molecule has 0 aromatic heterocycles. The summed E-state index contributed by atoms with van der Waals surface area (Å²) in [7, 11) is 1.94. The number of nitrogens with two attached hydrogens (primary N) is 1. The normalized spacial score (nSPS) is 20.5. The SMILES string of the molecule is CC(C(N)=O)N(C)CCN1CCNCC1. The minimum atomic E-state index is -0.252. The predicted octanol–water partition coefficient (Wildman–Crippen LogP) is -1.30. The Morgan fingerprint density at radius 2 is 2.13 bits per heavy atom. The first-order chi connectivity index (χ1) is 7.11. The molecular formula is C10H22N4O. The van der Waals surface area contributed by atoms with Crippen LogP contribution in [0.5, 0.6) is 0 Å². The smallest absolute Gasteiger partial charge is 0.234 e. The summed E-state index contributed by atoms with van der Waals surface area (Å²) in [4.78, 5) is 15.4. The van der Waals surface area contributed by atoms with Crippen LogP contribution in [-0.2, 0) is 4.79 Å². The van der Waals surface area contributed by atoms with Gasteiger partial charge in [0.1, 0.15) is 0 Å². The fourth-order valence-electron chi connectivity index (χ4n) is 1.64. The number of piperazine rings is 1. The second-order valence-corrected chi connectivity index (χ2v) is 4.15. The zero-order valence-corrected chi connectivity index (χ0v) is 9.70. The molecule has 88 valence electrons. The standard InChI is InChI=1S/C10H22N4O/c1-9(10(11)15)13(2)7-8-14-5-3-12-4-6-14/h9,12H,3-8H2,1-2H3,(H2,11,15). The maximum atomic E-state index is 10.9. The topological polar surface area (TPSA) is 61.6 Å². The van der Waals surface area contributed by atoms with Gasteiger partial charge in [0.2, 0.25) is 5.91 Å². The van der Waals surface area contributed by atoms with Gasteiger partial charge in [0.05, 0.1) is 6.04 Å². The van der Waals surface area contributed by atoms with E-state index in [9.17, 15) is 4.79 Å². The van der Waals surface area contributed by atoms with Gasteiger partial charge in [0.15, 0.2) is 0 Å². The Hall–Kier alpha value is -0.650. The van der Waals surface area contributed by atoms with Crippen molar-refractivity contribution in [2.24, 2.45) is 5.73 Å². The van der Waals surface area contributed by atoms with E-state index in [0.717, 1.165) is 39.3 Å². The molecule has 1 aliphatic heterocycles. The van der Waals surface area contributed by atoms with E-state index >= 15 is 0 Å². The minimum absolute atomic E-state index is 0.173. The number of likely N-dealkylation sites (N-methyl/N-ethyl adjacent to an activating group) is 1. The van der Waals surface area contributed by atoms with E-state index in [2.05, 4.69) is 10.2 Å². The molecule has 1 fully saturated rings. The minimum Gasteiger partial charge on any atom is -0.368 e. The molecule has 3 N–H and O–H groups in total. The van der Waals surface area contributed by atoms with E-state index < -0.39 is 0 Å². The van der Waals surface area contributed by atoms with Crippen LogP contribution in [-0.4, -0.2) is 68.1 Å². The van der Waals surface area contributed by atoms with Crippen molar-refractivity contribution < 1.29 is 4.79 Å². The third kappa shape index (κ3) is 4.15. The molecule has 0 aliphatic carbocycles. The highest BCUT2D eigenvalue weighted by atomic mass is 16.1. The third-order valence-corrected chi connectivity index (χ3v) is 3.05. The van der Waals surface area contributed by atoms with Gasteiger partial charge in [0, 0.05) is 39.3 Å². The fraction of sp³-hybridized carbons (Fsp3) is 0.900. The summed E-state index contributed by atoms with van der Waals surface area (Å²) >= 11 is 0. The molecule has 1 saturated heterocycles. The largest absolute Gasteiger partial charge is 0.368 e. The molecule has 0 bridgehead atoms. The molecule has 0 radical (unpaired) electrons. The molecule has 0 aromatic rings. The van der Waals surface area contributed by atoms with E-state index in [1.165, 1.54) is 0 Å². The molecule has 1 atom stereocenters. The maximum Gasteiger partial charge on any atom is 0.234 e. The van der Waals surface area contributed by atoms with Crippen molar-refractivity contribution in [2.75, 3.05) is 46.3 Å². The monoisotopic (exact) mass is 214 g/mol. The van der Waals surface area contributed by atoms with Crippen LogP contribution in [0, 0.1) is 0 Å². The molecule has 5 nitrogen and oxygen atoms in total. The van der Waals surface area contributed by atoms with Gasteiger partial charge >= 0.3 is 0 Å². The Balaban J connectivity index is 2.20. The summed E-state index contributed by atoms with van der Waals surface area (Å²) in [6.07, 6.45) is 0. The lowest BCUT2D eigenvalue weighted by molar-refractivity contribution is -0.122. The summed E-state index contributed by atoms with van der Waals surface area (Å²) in [6.45, 7) is 8.07. The van der Waals surface area contributed by atoms with Crippen molar-refractivity contribution in [2.45, 2.75) is 13.0 Å². The number of carbonyl (C=O) groups is 1. The molecule has 1 rings (SSSR count). The first-order valence-corrected chi connectivity index (χ1v) is 5.54. The van der Waals surface area contributed by atoms with Crippen molar-refractivity contribution in [3.63, 3.8) is 0 Å². The van der Waals surface area contributed by atoms with E-state index in [0.29, 0.717) is 0 Å². The van der Waals surface area contributed by atoms with Crippen LogP contribution < -0.4 is 11.1 Å². The molecule has 5 heteroatoms. The van der Waals surface area contributed by atoms with Crippen LogP contribution in [0.1, 0.15) is 6.92 Å². The van der Waals surface area contributed by atoms with Crippen LogP contribution in [0.3, 0.4) is 0 Å². The van der Waals surface area contributed by atoms with Gasteiger partial charge < -0.3 is 11.1 Å². The number of hydrogen-bond acceptors (Lipinski definition) is 4. The van der Waals surface area contributed by atoms with Gasteiger partial charge in [-0.05, 0) is 14.0 Å². The highest BCUT2D eigenvalue weighted by Gasteiger charge is 2.16. The van der Waals surface area contributed by atoms with Crippen LogP contribution in [0.2, 0.25) is 0 Å². The lowest BCUT2D eigenvalue weighted by Gasteiger charge is -2.30. The Bertz CT molecular complexity index is 204. The van der Waals surface area contributed by atoms with Gasteiger partial charge in [0.25, 0.3) is 0 Å². The molecule has 1 amide bonds. The van der Waals surface area contributed by atoms with Gasteiger partial charge in [-0.2, -0.15) is 0 Å². The second kappa shape index (κ2) is 6.05. The Kier molecular flexibility index (Phi) is 5.01. The Morgan fingerprint density at radius 1 is 1.53 bits per heavy atom. The zero-order valence-electron chi connectivity index (χ0n) is 9.70. The first-order valence-electron chi connectivity index (χ1n) is 5.54. The number of rotatable bonds is 5. The average molecular weight is 214 g/mol. The molecule has 0 spiro atoms.